The van der Waals surface area contributed by atoms with Crippen LogP contribution < -0.4 is 0 Å². The van der Waals surface area contributed by atoms with Crippen molar-refractivity contribution < 1.29 is 0 Å². The molecule has 1 aromatic rings. The molecule has 0 amide bonds. The molecule has 2 fully saturated rings. The maximum Gasteiger partial charge on any atom is 0.0299 e. The molecule has 1 nitrogen and oxygen atoms in total. The fourth-order valence-electron chi connectivity index (χ4n) is 5.76. The summed E-state index contributed by atoms with van der Waals surface area (Å²) in [5.74, 6) is 2.48. The minimum Gasteiger partial charge on any atom is -0.264 e. The van der Waals surface area contributed by atoms with Gasteiger partial charge in [-0.2, -0.15) is 0 Å². The summed E-state index contributed by atoms with van der Waals surface area (Å²) in [5, 5.41) is 0. The van der Waals surface area contributed by atoms with Crippen LogP contribution in [-0.2, 0) is 6.42 Å². The zero-order chi connectivity index (χ0) is 19.2. The van der Waals surface area contributed by atoms with E-state index >= 15 is 0 Å². The Labute approximate surface area is 172 Å². The Kier molecular flexibility index (Phi) is 6.83. The maximum atomic E-state index is 4.52. The molecule has 4 rings (SSSR count). The van der Waals surface area contributed by atoms with Crippen molar-refractivity contribution in [1.29, 1.82) is 0 Å². The van der Waals surface area contributed by atoms with Crippen molar-refractivity contribution >= 4 is 0 Å². The molecule has 0 spiro atoms. The number of aromatic nitrogens is 1. The van der Waals surface area contributed by atoms with Crippen molar-refractivity contribution in [2.45, 2.75) is 83.5 Å². The zero-order valence-corrected chi connectivity index (χ0v) is 17.5. The number of aryl methyl sites for hydroxylation is 1. The highest BCUT2D eigenvalue weighted by atomic mass is 14.6. The van der Waals surface area contributed by atoms with E-state index in [2.05, 4.69) is 29.8 Å². The van der Waals surface area contributed by atoms with E-state index in [1.54, 1.807) is 16.7 Å². The molecule has 1 heteroatoms. The Morgan fingerprint density at radius 2 is 1.93 bits per heavy atom. The molecule has 2 unspecified atom stereocenters. The normalized spacial score (nSPS) is 25.1. The van der Waals surface area contributed by atoms with Gasteiger partial charge in [-0.25, -0.2) is 0 Å². The third-order valence-electron chi connectivity index (χ3n) is 7.53. The van der Waals surface area contributed by atoms with Gasteiger partial charge in [-0.1, -0.05) is 80.0 Å². The number of pyridine rings is 1. The van der Waals surface area contributed by atoms with Crippen LogP contribution in [0.1, 0.15) is 82.6 Å². The summed E-state index contributed by atoms with van der Waals surface area (Å²) in [4.78, 5) is 4.25. The van der Waals surface area contributed by atoms with E-state index in [0.29, 0.717) is 0 Å². The van der Waals surface area contributed by atoms with Gasteiger partial charge in [0, 0.05) is 18.3 Å². The van der Waals surface area contributed by atoms with E-state index in [-0.39, 0.29) is 0 Å². The van der Waals surface area contributed by atoms with E-state index in [1.807, 2.05) is 18.5 Å². The molecule has 3 aliphatic carbocycles. The molecule has 28 heavy (non-hydrogen) atoms. The third kappa shape index (κ3) is 5.04. The number of nitrogens with zero attached hydrogens (tertiary/aromatic N) is 1. The standard InChI is InChI=1S/C27H37N/c1-21(7-5-10-22-8-3-2-4-9-22)25-16-17-27-24(14-15-26(27)19-25)13-12-23-11-6-18-28-20-23/h6,11,14-15,18,20,22,25,27H,1-5,7-10,12-13,16-17,19H2. The Bertz CT molecular complexity index is 705. The second-order valence-electron chi connectivity index (χ2n) is 9.43. The van der Waals surface area contributed by atoms with Gasteiger partial charge in [-0.15, -0.1) is 0 Å². The van der Waals surface area contributed by atoms with Crippen molar-refractivity contribution in [2.75, 3.05) is 0 Å². The van der Waals surface area contributed by atoms with Gasteiger partial charge in [0.15, 0.2) is 0 Å². The Hall–Kier alpha value is -1.63. The largest absolute Gasteiger partial charge is 0.264 e. The monoisotopic (exact) mass is 375 g/mol. The average molecular weight is 376 g/mol. The highest BCUT2D eigenvalue weighted by Crippen LogP contribution is 2.45. The van der Waals surface area contributed by atoms with Gasteiger partial charge in [0.1, 0.15) is 0 Å². The molecule has 1 heterocycles. The van der Waals surface area contributed by atoms with Crippen LogP contribution in [-0.4, -0.2) is 4.98 Å². The first-order valence-corrected chi connectivity index (χ1v) is 11.8. The van der Waals surface area contributed by atoms with Crippen molar-refractivity contribution in [3.05, 3.63) is 65.5 Å². The van der Waals surface area contributed by atoms with E-state index in [0.717, 1.165) is 24.2 Å². The van der Waals surface area contributed by atoms with Crippen molar-refractivity contribution in [3.8, 4) is 0 Å². The lowest BCUT2D eigenvalue weighted by Crippen LogP contribution is -2.19. The molecular formula is C27H37N. The number of allylic oxidation sites excluding steroid dienone is 5. The summed E-state index contributed by atoms with van der Waals surface area (Å²) in [7, 11) is 0. The van der Waals surface area contributed by atoms with Gasteiger partial charge in [0.25, 0.3) is 0 Å². The lowest BCUT2D eigenvalue weighted by Gasteiger charge is -2.32. The van der Waals surface area contributed by atoms with Crippen LogP contribution in [0.3, 0.4) is 0 Å². The lowest BCUT2D eigenvalue weighted by atomic mass is 9.73. The van der Waals surface area contributed by atoms with Gasteiger partial charge >= 0.3 is 0 Å². The van der Waals surface area contributed by atoms with Crippen LogP contribution >= 0.6 is 0 Å². The second-order valence-corrected chi connectivity index (χ2v) is 9.43. The fourth-order valence-corrected chi connectivity index (χ4v) is 5.76. The average Bonchev–Trinajstić information content (AvgIpc) is 3.16. The number of hydrogen-bond acceptors (Lipinski definition) is 1. The van der Waals surface area contributed by atoms with Crippen molar-refractivity contribution in [2.24, 2.45) is 17.8 Å². The van der Waals surface area contributed by atoms with E-state index in [4.69, 9.17) is 0 Å². The summed E-state index contributed by atoms with van der Waals surface area (Å²) in [5.41, 5.74) is 6.24. The highest BCUT2D eigenvalue weighted by Gasteiger charge is 2.31. The zero-order valence-electron chi connectivity index (χ0n) is 17.5. The molecule has 0 saturated heterocycles. The summed E-state index contributed by atoms with van der Waals surface area (Å²) in [6.07, 6.45) is 26.4. The molecule has 150 valence electrons. The topological polar surface area (TPSA) is 12.9 Å². The minimum absolute atomic E-state index is 0.725. The lowest BCUT2D eigenvalue weighted by molar-refractivity contribution is 0.328. The van der Waals surface area contributed by atoms with Crippen molar-refractivity contribution in [3.63, 3.8) is 0 Å². The van der Waals surface area contributed by atoms with Crippen LogP contribution in [0.2, 0.25) is 0 Å². The van der Waals surface area contributed by atoms with Crippen LogP contribution in [0, 0.1) is 17.8 Å². The summed E-state index contributed by atoms with van der Waals surface area (Å²) >= 11 is 0. The predicted molar refractivity (Wildman–Crippen MR) is 119 cm³/mol. The summed E-state index contributed by atoms with van der Waals surface area (Å²) in [6.45, 7) is 4.52. The second kappa shape index (κ2) is 9.72. The fraction of sp³-hybridized carbons (Fsp3) is 0.593. The summed E-state index contributed by atoms with van der Waals surface area (Å²) in [6, 6.07) is 4.25. The van der Waals surface area contributed by atoms with Gasteiger partial charge in [-0.3, -0.25) is 4.98 Å². The quantitative estimate of drug-likeness (QED) is 0.426. The van der Waals surface area contributed by atoms with Gasteiger partial charge in [0.05, 0.1) is 0 Å². The first-order chi connectivity index (χ1) is 13.8. The maximum absolute atomic E-state index is 4.52. The molecule has 2 saturated carbocycles. The Morgan fingerprint density at radius 3 is 2.75 bits per heavy atom. The predicted octanol–water partition coefficient (Wildman–Crippen LogP) is 7.60. The molecule has 1 aromatic heterocycles. The van der Waals surface area contributed by atoms with Crippen LogP contribution in [0.5, 0.6) is 0 Å². The Morgan fingerprint density at radius 1 is 1.04 bits per heavy atom. The SMILES string of the molecule is C=C(CCCC1CCCCC1)C1CCC2C(CCc3cccnc3)=CC=C2C1. The molecular weight excluding hydrogens is 338 g/mol. The molecule has 0 aliphatic heterocycles. The molecule has 3 aliphatic rings. The summed E-state index contributed by atoms with van der Waals surface area (Å²) < 4.78 is 0. The van der Waals surface area contributed by atoms with Gasteiger partial charge < -0.3 is 0 Å². The number of hydrogen-bond donors (Lipinski definition) is 0. The first kappa shape index (κ1) is 19.7. The molecule has 0 bridgehead atoms. The van der Waals surface area contributed by atoms with E-state index < -0.39 is 0 Å². The number of fused-ring (bicyclic) bond motifs is 1. The van der Waals surface area contributed by atoms with Crippen LogP contribution in [0.25, 0.3) is 0 Å². The smallest absolute Gasteiger partial charge is 0.0299 e. The molecule has 0 N–H and O–H groups in total. The molecule has 0 radical (unpaired) electrons. The highest BCUT2D eigenvalue weighted by molar-refractivity contribution is 5.37. The molecule has 2 atom stereocenters. The van der Waals surface area contributed by atoms with Gasteiger partial charge in [-0.05, 0) is 68.4 Å². The van der Waals surface area contributed by atoms with Crippen LogP contribution in [0.15, 0.2) is 60.0 Å². The number of rotatable bonds is 8. The van der Waals surface area contributed by atoms with Crippen LogP contribution in [0.4, 0.5) is 0 Å². The van der Waals surface area contributed by atoms with Gasteiger partial charge in [0.2, 0.25) is 0 Å². The van der Waals surface area contributed by atoms with Crippen molar-refractivity contribution in [1.82, 2.24) is 4.98 Å². The van der Waals surface area contributed by atoms with E-state index in [9.17, 15) is 0 Å². The third-order valence-corrected chi connectivity index (χ3v) is 7.53. The minimum atomic E-state index is 0.725. The first-order valence-electron chi connectivity index (χ1n) is 11.8. The molecule has 0 aromatic carbocycles. The van der Waals surface area contributed by atoms with E-state index in [1.165, 1.54) is 82.6 Å². The Balaban J connectivity index is 1.19.